The van der Waals surface area contributed by atoms with E-state index in [2.05, 4.69) is 67.5 Å². The van der Waals surface area contributed by atoms with Crippen molar-refractivity contribution < 1.29 is 9.53 Å². The third-order valence-electron chi connectivity index (χ3n) is 4.73. The van der Waals surface area contributed by atoms with Crippen LogP contribution in [0.4, 0.5) is 5.69 Å². The Morgan fingerprint density at radius 3 is 2.50 bits per heavy atom. The monoisotopic (exact) mass is 424 g/mol. The molecule has 0 aliphatic heterocycles. The summed E-state index contributed by atoms with van der Waals surface area (Å²) in [5.74, 6) is 1.66. The van der Waals surface area contributed by atoms with Crippen molar-refractivity contribution in [2.24, 2.45) is 0 Å². The Labute approximate surface area is 182 Å². The number of amides is 1. The molecule has 1 heterocycles. The highest BCUT2D eigenvalue weighted by Gasteiger charge is 2.17. The predicted octanol–water partition coefficient (Wildman–Crippen LogP) is 5.00. The van der Waals surface area contributed by atoms with Crippen molar-refractivity contribution in [2.45, 2.75) is 44.8 Å². The summed E-state index contributed by atoms with van der Waals surface area (Å²) >= 11 is 1.38. The van der Waals surface area contributed by atoms with Crippen molar-refractivity contribution in [2.75, 3.05) is 18.2 Å². The Bertz CT molecular complexity index is 1010. The van der Waals surface area contributed by atoms with Crippen LogP contribution in [0.3, 0.4) is 0 Å². The lowest BCUT2D eigenvalue weighted by molar-refractivity contribution is -0.113. The number of benzene rings is 2. The van der Waals surface area contributed by atoms with Gasteiger partial charge in [0.1, 0.15) is 5.75 Å². The lowest BCUT2D eigenvalue weighted by atomic mass is 9.87. The Balaban J connectivity index is 1.69. The molecule has 1 aromatic heterocycles. The molecule has 1 amide bonds. The molecule has 0 saturated carbocycles. The lowest BCUT2D eigenvalue weighted by Crippen LogP contribution is -2.14. The van der Waals surface area contributed by atoms with E-state index >= 15 is 0 Å². The van der Waals surface area contributed by atoms with Crippen LogP contribution >= 0.6 is 11.8 Å². The van der Waals surface area contributed by atoms with E-state index < -0.39 is 0 Å². The topological polar surface area (TPSA) is 69.0 Å². The fourth-order valence-electron chi connectivity index (χ4n) is 3.04. The van der Waals surface area contributed by atoms with Gasteiger partial charge in [-0.05, 0) is 30.0 Å². The Hall–Kier alpha value is -2.80. The fourth-order valence-corrected chi connectivity index (χ4v) is 3.84. The number of carbonyl (C=O) groups is 1. The molecule has 0 spiro atoms. The molecule has 7 heteroatoms. The molecular formula is C23H28N4O2S. The summed E-state index contributed by atoms with van der Waals surface area (Å²) in [6.45, 7) is 9.37. The first-order valence-electron chi connectivity index (χ1n) is 9.92. The molecule has 0 aliphatic rings. The molecule has 0 fully saturated rings. The van der Waals surface area contributed by atoms with E-state index in [0.29, 0.717) is 11.4 Å². The van der Waals surface area contributed by atoms with Crippen molar-refractivity contribution in [1.82, 2.24) is 14.8 Å². The summed E-state index contributed by atoms with van der Waals surface area (Å²) in [4.78, 5) is 12.4. The number of ether oxygens (including phenoxy) is 1. The van der Waals surface area contributed by atoms with E-state index in [-0.39, 0.29) is 17.1 Å². The highest BCUT2D eigenvalue weighted by Crippen LogP contribution is 2.28. The maximum Gasteiger partial charge on any atom is 0.234 e. The molecule has 0 saturated heterocycles. The Kier molecular flexibility index (Phi) is 6.82. The van der Waals surface area contributed by atoms with Crippen molar-refractivity contribution in [3.05, 3.63) is 54.1 Å². The van der Waals surface area contributed by atoms with Gasteiger partial charge in [0, 0.05) is 23.9 Å². The van der Waals surface area contributed by atoms with Crippen LogP contribution < -0.4 is 10.1 Å². The second kappa shape index (κ2) is 9.34. The molecule has 3 aromatic rings. The van der Waals surface area contributed by atoms with Crippen molar-refractivity contribution >= 4 is 23.4 Å². The van der Waals surface area contributed by atoms with Gasteiger partial charge >= 0.3 is 0 Å². The SMILES string of the molecule is CCn1c(SCC(=O)Nc2cccc(OC)c2)nnc1-c1ccc(C(C)(C)C)cc1. The predicted molar refractivity (Wildman–Crippen MR) is 122 cm³/mol. The maximum absolute atomic E-state index is 12.4. The number of hydrogen-bond donors (Lipinski definition) is 1. The zero-order valence-corrected chi connectivity index (χ0v) is 18.9. The second-order valence-corrected chi connectivity index (χ2v) is 8.89. The number of methoxy groups -OCH3 is 1. The highest BCUT2D eigenvalue weighted by atomic mass is 32.2. The molecule has 158 valence electrons. The van der Waals surface area contributed by atoms with Crippen molar-refractivity contribution in [3.63, 3.8) is 0 Å². The van der Waals surface area contributed by atoms with Gasteiger partial charge < -0.3 is 14.6 Å². The van der Waals surface area contributed by atoms with Gasteiger partial charge in [-0.3, -0.25) is 4.79 Å². The molecule has 0 radical (unpaired) electrons. The minimum Gasteiger partial charge on any atom is -0.497 e. The number of nitrogens with one attached hydrogen (secondary N) is 1. The van der Waals surface area contributed by atoms with Crippen LogP contribution in [0.5, 0.6) is 5.75 Å². The number of carbonyl (C=O) groups excluding carboxylic acids is 1. The van der Waals surface area contributed by atoms with Crippen LogP contribution in [-0.2, 0) is 16.8 Å². The normalized spacial score (nSPS) is 11.4. The quantitative estimate of drug-likeness (QED) is 0.541. The third-order valence-corrected chi connectivity index (χ3v) is 5.69. The second-order valence-electron chi connectivity index (χ2n) is 7.95. The average molecular weight is 425 g/mol. The average Bonchev–Trinajstić information content (AvgIpc) is 3.14. The highest BCUT2D eigenvalue weighted by molar-refractivity contribution is 7.99. The van der Waals surface area contributed by atoms with E-state index in [1.165, 1.54) is 17.3 Å². The van der Waals surface area contributed by atoms with Gasteiger partial charge in [0.25, 0.3) is 0 Å². The summed E-state index contributed by atoms with van der Waals surface area (Å²) in [5.41, 5.74) is 3.10. The number of nitrogens with zero attached hydrogens (tertiary/aromatic N) is 3. The molecule has 6 nitrogen and oxygen atoms in total. The number of anilines is 1. The first kappa shape index (κ1) is 21.9. The first-order chi connectivity index (χ1) is 14.3. The summed E-state index contributed by atoms with van der Waals surface area (Å²) in [6.07, 6.45) is 0. The smallest absolute Gasteiger partial charge is 0.234 e. The van der Waals surface area contributed by atoms with E-state index in [4.69, 9.17) is 4.74 Å². The number of hydrogen-bond acceptors (Lipinski definition) is 5. The molecule has 3 rings (SSSR count). The fraction of sp³-hybridized carbons (Fsp3) is 0.348. The van der Waals surface area contributed by atoms with Crippen LogP contribution in [-0.4, -0.2) is 33.5 Å². The number of thioether (sulfide) groups is 1. The Morgan fingerprint density at radius 1 is 1.13 bits per heavy atom. The van der Waals surface area contributed by atoms with Crippen molar-refractivity contribution in [3.8, 4) is 17.1 Å². The van der Waals surface area contributed by atoms with Crippen LogP contribution in [0.2, 0.25) is 0 Å². The van der Waals surface area contributed by atoms with Gasteiger partial charge in [0.05, 0.1) is 12.9 Å². The number of aromatic nitrogens is 3. The van der Waals surface area contributed by atoms with Gasteiger partial charge in [-0.1, -0.05) is 62.9 Å². The summed E-state index contributed by atoms with van der Waals surface area (Å²) < 4.78 is 7.23. The van der Waals surface area contributed by atoms with Crippen LogP contribution in [0, 0.1) is 0 Å². The molecule has 0 aliphatic carbocycles. The van der Waals surface area contributed by atoms with Gasteiger partial charge in [0.2, 0.25) is 5.91 Å². The minimum atomic E-state index is -0.102. The molecule has 0 atom stereocenters. The number of rotatable bonds is 7. The summed E-state index contributed by atoms with van der Waals surface area (Å²) in [6, 6.07) is 15.7. The van der Waals surface area contributed by atoms with Gasteiger partial charge in [-0.15, -0.1) is 10.2 Å². The summed E-state index contributed by atoms with van der Waals surface area (Å²) in [7, 11) is 1.60. The lowest BCUT2D eigenvalue weighted by Gasteiger charge is -2.19. The minimum absolute atomic E-state index is 0.102. The van der Waals surface area contributed by atoms with Crippen LogP contribution in [0.1, 0.15) is 33.3 Å². The van der Waals surface area contributed by atoms with E-state index in [9.17, 15) is 4.79 Å². The molecule has 0 bridgehead atoms. The van der Waals surface area contributed by atoms with Crippen LogP contribution in [0.15, 0.2) is 53.7 Å². The van der Waals surface area contributed by atoms with Crippen LogP contribution in [0.25, 0.3) is 11.4 Å². The molecule has 0 unspecified atom stereocenters. The molecule has 2 aromatic carbocycles. The first-order valence-corrected chi connectivity index (χ1v) is 10.9. The van der Waals surface area contributed by atoms with E-state index in [0.717, 1.165) is 23.1 Å². The maximum atomic E-state index is 12.4. The van der Waals surface area contributed by atoms with Crippen molar-refractivity contribution in [1.29, 1.82) is 0 Å². The Morgan fingerprint density at radius 2 is 1.87 bits per heavy atom. The van der Waals surface area contributed by atoms with Gasteiger partial charge in [-0.2, -0.15) is 0 Å². The summed E-state index contributed by atoms with van der Waals surface area (Å²) in [5, 5.41) is 12.3. The zero-order chi connectivity index (χ0) is 21.7. The van der Waals surface area contributed by atoms with E-state index in [1.54, 1.807) is 13.2 Å². The largest absolute Gasteiger partial charge is 0.497 e. The molecule has 30 heavy (non-hydrogen) atoms. The zero-order valence-electron chi connectivity index (χ0n) is 18.1. The third kappa shape index (κ3) is 5.21. The molecular weight excluding hydrogens is 396 g/mol. The standard InChI is InChI=1S/C23H28N4O2S/c1-6-27-21(16-10-12-17(13-11-16)23(2,3)4)25-26-22(27)30-15-20(28)24-18-8-7-9-19(14-18)29-5/h7-14H,6,15H2,1-5H3,(H,24,28). The molecule has 1 N–H and O–H groups in total. The van der Waals surface area contributed by atoms with Gasteiger partial charge in [0.15, 0.2) is 11.0 Å². The van der Waals surface area contributed by atoms with E-state index in [1.807, 2.05) is 22.8 Å². The van der Waals surface area contributed by atoms with Gasteiger partial charge in [-0.25, -0.2) is 0 Å².